The number of carboxylic acid groups (broad SMARTS) is 1. The summed E-state index contributed by atoms with van der Waals surface area (Å²) in [5.74, 6) is -1.11. The molecule has 0 bridgehead atoms. The molecule has 0 radical (unpaired) electrons. The molecular weight excluding hydrogens is 260 g/mol. The Labute approximate surface area is 119 Å². The Morgan fingerprint density at radius 3 is 2.30 bits per heavy atom. The van der Waals surface area contributed by atoms with Crippen molar-refractivity contribution in [2.45, 2.75) is 64.5 Å². The zero-order valence-corrected chi connectivity index (χ0v) is 12.1. The zero-order valence-electron chi connectivity index (χ0n) is 12.1. The number of aliphatic carboxylic acids is 1. The van der Waals surface area contributed by atoms with E-state index in [1.54, 1.807) is 6.92 Å². The maximum atomic E-state index is 12.2. The predicted octanol–water partition coefficient (Wildman–Crippen LogP) is 1.05. The molecule has 20 heavy (non-hydrogen) atoms. The summed E-state index contributed by atoms with van der Waals surface area (Å²) in [5.41, 5.74) is 0. The van der Waals surface area contributed by atoms with Gasteiger partial charge in [-0.3, -0.25) is 14.4 Å². The summed E-state index contributed by atoms with van der Waals surface area (Å²) in [6, 6.07) is -0.710. The molecule has 6 heteroatoms. The SMILES string of the molecule is CC(=O)NC(C(=O)NC(C)CCC(=O)O)C1CCCC1. The van der Waals surface area contributed by atoms with Crippen LogP contribution in [0, 0.1) is 5.92 Å². The number of amides is 2. The standard InChI is InChI=1S/C14H24N2O4/c1-9(7-8-12(18)19)15-14(20)13(16-10(2)17)11-5-3-4-6-11/h9,11,13H,3-8H2,1-2H3,(H,15,20)(H,16,17)(H,18,19). The number of carboxylic acids is 1. The Morgan fingerprint density at radius 2 is 1.80 bits per heavy atom. The van der Waals surface area contributed by atoms with Gasteiger partial charge in [0.2, 0.25) is 11.8 Å². The van der Waals surface area contributed by atoms with Gasteiger partial charge < -0.3 is 15.7 Å². The highest BCUT2D eigenvalue weighted by molar-refractivity contribution is 5.87. The Bertz CT molecular complexity index is 364. The largest absolute Gasteiger partial charge is 0.481 e. The number of hydrogen-bond donors (Lipinski definition) is 3. The van der Waals surface area contributed by atoms with Gasteiger partial charge >= 0.3 is 5.97 Å². The first-order valence-electron chi connectivity index (χ1n) is 7.19. The van der Waals surface area contributed by atoms with Crippen LogP contribution in [0.1, 0.15) is 52.4 Å². The summed E-state index contributed by atoms with van der Waals surface area (Å²) in [6.07, 6.45) is 4.48. The quantitative estimate of drug-likeness (QED) is 0.651. The van der Waals surface area contributed by atoms with Crippen molar-refractivity contribution in [3.8, 4) is 0 Å². The Balaban J connectivity index is 2.53. The van der Waals surface area contributed by atoms with E-state index in [0.29, 0.717) is 6.42 Å². The van der Waals surface area contributed by atoms with Gasteiger partial charge in [-0.1, -0.05) is 12.8 Å². The highest BCUT2D eigenvalue weighted by Gasteiger charge is 2.31. The van der Waals surface area contributed by atoms with E-state index >= 15 is 0 Å². The van der Waals surface area contributed by atoms with Gasteiger partial charge in [0.05, 0.1) is 0 Å². The summed E-state index contributed by atoms with van der Waals surface area (Å²) in [5, 5.41) is 14.2. The smallest absolute Gasteiger partial charge is 0.303 e. The van der Waals surface area contributed by atoms with Gasteiger partial charge in [0, 0.05) is 19.4 Å². The van der Waals surface area contributed by atoms with Crippen LogP contribution in [-0.2, 0) is 14.4 Å². The Hall–Kier alpha value is -1.59. The molecule has 2 amide bonds. The van der Waals surface area contributed by atoms with Gasteiger partial charge in [0.15, 0.2) is 0 Å². The van der Waals surface area contributed by atoms with Gasteiger partial charge in [-0.15, -0.1) is 0 Å². The summed E-state index contributed by atoms with van der Waals surface area (Å²) >= 11 is 0. The molecule has 1 rings (SSSR count). The van der Waals surface area contributed by atoms with E-state index in [1.807, 2.05) is 0 Å². The molecule has 3 N–H and O–H groups in total. The lowest BCUT2D eigenvalue weighted by Gasteiger charge is -2.25. The maximum absolute atomic E-state index is 12.2. The zero-order chi connectivity index (χ0) is 15.1. The van der Waals surface area contributed by atoms with Crippen LogP contribution in [0.3, 0.4) is 0 Å². The molecule has 0 heterocycles. The number of nitrogens with one attached hydrogen (secondary N) is 2. The molecular formula is C14H24N2O4. The summed E-state index contributed by atoms with van der Waals surface area (Å²) in [4.78, 5) is 34.0. The van der Waals surface area contributed by atoms with E-state index in [9.17, 15) is 14.4 Å². The van der Waals surface area contributed by atoms with Crippen LogP contribution in [-0.4, -0.2) is 35.0 Å². The Kier molecular flexibility index (Phi) is 6.48. The number of carbonyl (C=O) groups is 3. The molecule has 1 aliphatic rings. The van der Waals surface area contributed by atoms with E-state index in [-0.39, 0.29) is 30.2 Å². The molecule has 0 aromatic carbocycles. The molecule has 1 aliphatic carbocycles. The van der Waals surface area contributed by atoms with E-state index < -0.39 is 12.0 Å². The van der Waals surface area contributed by atoms with Gasteiger partial charge in [-0.25, -0.2) is 0 Å². The van der Waals surface area contributed by atoms with Gasteiger partial charge in [0.25, 0.3) is 0 Å². The first kappa shape index (κ1) is 16.5. The molecule has 0 saturated heterocycles. The lowest BCUT2D eigenvalue weighted by Crippen LogP contribution is -2.51. The van der Waals surface area contributed by atoms with Crippen molar-refractivity contribution in [3.05, 3.63) is 0 Å². The first-order chi connectivity index (χ1) is 9.40. The second kappa shape index (κ2) is 7.87. The third-order valence-electron chi connectivity index (χ3n) is 3.69. The van der Waals surface area contributed by atoms with Crippen LogP contribution in [0.5, 0.6) is 0 Å². The van der Waals surface area contributed by atoms with E-state index in [0.717, 1.165) is 25.7 Å². The second-order valence-corrected chi connectivity index (χ2v) is 5.56. The highest BCUT2D eigenvalue weighted by atomic mass is 16.4. The molecule has 0 aromatic rings. The summed E-state index contributed by atoms with van der Waals surface area (Å²) < 4.78 is 0. The first-order valence-corrected chi connectivity index (χ1v) is 7.19. The van der Waals surface area contributed by atoms with Crippen molar-refractivity contribution >= 4 is 17.8 Å². The fourth-order valence-corrected chi connectivity index (χ4v) is 2.65. The fraction of sp³-hybridized carbons (Fsp3) is 0.786. The molecule has 6 nitrogen and oxygen atoms in total. The van der Waals surface area contributed by atoms with E-state index in [4.69, 9.17) is 5.11 Å². The van der Waals surface area contributed by atoms with Crippen molar-refractivity contribution in [1.29, 1.82) is 0 Å². The lowest BCUT2D eigenvalue weighted by atomic mass is 9.96. The molecule has 2 atom stereocenters. The van der Waals surface area contributed by atoms with Crippen molar-refractivity contribution < 1.29 is 19.5 Å². The second-order valence-electron chi connectivity index (χ2n) is 5.56. The van der Waals surface area contributed by atoms with Gasteiger partial charge in [-0.05, 0) is 32.1 Å². The molecule has 2 unspecified atom stereocenters. The Morgan fingerprint density at radius 1 is 1.20 bits per heavy atom. The molecule has 0 aliphatic heterocycles. The van der Waals surface area contributed by atoms with Crippen LogP contribution in [0.15, 0.2) is 0 Å². The minimum atomic E-state index is -0.875. The topological polar surface area (TPSA) is 95.5 Å². The third-order valence-corrected chi connectivity index (χ3v) is 3.69. The van der Waals surface area contributed by atoms with Crippen molar-refractivity contribution in [2.24, 2.45) is 5.92 Å². The molecule has 0 aromatic heterocycles. The monoisotopic (exact) mass is 284 g/mol. The lowest BCUT2D eigenvalue weighted by molar-refractivity contribution is -0.137. The van der Waals surface area contributed by atoms with E-state index in [2.05, 4.69) is 10.6 Å². The fourth-order valence-electron chi connectivity index (χ4n) is 2.65. The van der Waals surface area contributed by atoms with Gasteiger partial charge in [0.1, 0.15) is 6.04 Å². The van der Waals surface area contributed by atoms with Gasteiger partial charge in [-0.2, -0.15) is 0 Å². The number of carbonyl (C=O) groups excluding carboxylic acids is 2. The van der Waals surface area contributed by atoms with Crippen LogP contribution in [0.25, 0.3) is 0 Å². The van der Waals surface area contributed by atoms with Crippen LogP contribution >= 0.6 is 0 Å². The minimum Gasteiger partial charge on any atom is -0.481 e. The molecule has 1 fully saturated rings. The summed E-state index contributed by atoms with van der Waals surface area (Å²) in [7, 11) is 0. The maximum Gasteiger partial charge on any atom is 0.303 e. The molecule has 0 spiro atoms. The van der Waals surface area contributed by atoms with E-state index in [1.165, 1.54) is 6.92 Å². The number of rotatable bonds is 7. The van der Waals surface area contributed by atoms with Crippen molar-refractivity contribution in [3.63, 3.8) is 0 Å². The summed E-state index contributed by atoms with van der Waals surface area (Å²) in [6.45, 7) is 3.18. The normalized spacial score (nSPS) is 18.3. The number of hydrogen-bond acceptors (Lipinski definition) is 3. The van der Waals surface area contributed by atoms with Crippen LogP contribution in [0.2, 0.25) is 0 Å². The predicted molar refractivity (Wildman–Crippen MR) is 74.0 cm³/mol. The van der Waals surface area contributed by atoms with Crippen molar-refractivity contribution in [1.82, 2.24) is 10.6 Å². The van der Waals surface area contributed by atoms with Crippen LogP contribution in [0.4, 0.5) is 0 Å². The highest BCUT2D eigenvalue weighted by Crippen LogP contribution is 2.28. The van der Waals surface area contributed by atoms with Crippen molar-refractivity contribution in [2.75, 3.05) is 0 Å². The van der Waals surface area contributed by atoms with Crippen LogP contribution < -0.4 is 10.6 Å². The third kappa shape index (κ3) is 5.59. The average Bonchev–Trinajstić information content (AvgIpc) is 2.86. The molecule has 1 saturated carbocycles. The minimum absolute atomic E-state index is 0.0235. The average molecular weight is 284 g/mol. The molecule has 114 valence electrons.